The fourth-order valence-corrected chi connectivity index (χ4v) is 3.70. The van der Waals surface area contributed by atoms with Crippen LogP contribution in [0.4, 0.5) is 0 Å². The van der Waals surface area contributed by atoms with Gasteiger partial charge in [0.25, 0.3) is 0 Å². The van der Waals surface area contributed by atoms with Crippen LogP contribution < -0.4 is 0 Å². The third-order valence-electron chi connectivity index (χ3n) is 4.62. The zero-order valence-electron chi connectivity index (χ0n) is 9.66. The molecule has 0 spiro atoms. The van der Waals surface area contributed by atoms with Crippen LogP contribution in [0.25, 0.3) is 0 Å². The van der Waals surface area contributed by atoms with Gasteiger partial charge in [-0.05, 0) is 38.0 Å². The van der Waals surface area contributed by atoms with Crippen LogP contribution in [-0.2, 0) is 4.74 Å². The second kappa shape index (κ2) is 4.42. The third-order valence-corrected chi connectivity index (χ3v) is 4.62. The lowest BCUT2D eigenvalue weighted by Gasteiger charge is -2.34. The molecule has 2 heteroatoms. The molecule has 2 saturated heterocycles. The summed E-state index contributed by atoms with van der Waals surface area (Å²) in [5, 5.41) is 0. The third kappa shape index (κ3) is 2.07. The van der Waals surface area contributed by atoms with Crippen molar-refractivity contribution in [2.75, 3.05) is 13.3 Å². The Morgan fingerprint density at radius 1 is 0.933 bits per heavy atom. The molecule has 0 aromatic carbocycles. The minimum absolute atomic E-state index is 0.601. The summed E-state index contributed by atoms with van der Waals surface area (Å²) in [4.78, 5) is 2.60. The maximum Gasteiger partial charge on any atom is 0.0996 e. The zero-order chi connectivity index (χ0) is 10.1. The maximum atomic E-state index is 6.10. The number of hydrogen-bond donors (Lipinski definition) is 0. The van der Waals surface area contributed by atoms with Crippen molar-refractivity contribution in [3.63, 3.8) is 0 Å². The Labute approximate surface area is 93.0 Å². The second-order valence-electron chi connectivity index (χ2n) is 5.58. The van der Waals surface area contributed by atoms with Crippen LogP contribution in [0.3, 0.4) is 0 Å². The summed E-state index contributed by atoms with van der Waals surface area (Å²) in [6.45, 7) is 2.20. The first kappa shape index (κ1) is 10.1. The van der Waals surface area contributed by atoms with Gasteiger partial charge in [-0.1, -0.05) is 19.3 Å². The van der Waals surface area contributed by atoms with Crippen molar-refractivity contribution in [1.82, 2.24) is 4.90 Å². The molecule has 2 aliphatic heterocycles. The summed E-state index contributed by atoms with van der Waals surface area (Å²) < 4.78 is 6.10. The molecule has 2 heterocycles. The summed E-state index contributed by atoms with van der Waals surface area (Å²) in [5.41, 5.74) is 0. The van der Waals surface area contributed by atoms with E-state index >= 15 is 0 Å². The molecule has 1 saturated carbocycles. The van der Waals surface area contributed by atoms with E-state index in [1.807, 2.05) is 0 Å². The van der Waals surface area contributed by atoms with Gasteiger partial charge in [0.05, 0.1) is 12.8 Å². The SMILES string of the molecule is C1CCC2OCN3CCCCC3CC2C1. The molecule has 0 bridgehead atoms. The van der Waals surface area contributed by atoms with Crippen LogP contribution in [0.1, 0.15) is 51.4 Å². The number of fused-ring (bicyclic) bond motifs is 2. The molecule has 2 nitrogen and oxygen atoms in total. The summed E-state index contributed by atoms with van der Waals surface area (Å²) in [6, 6.07) is 0.854. The Hall–Kier alpha value is -0.0800. The second-order valence-corrected chi connectivity index (χ2v) is 5.58. The number of ether oxygens (including phenoxy) is 1. The van der Waals surface area contributed by atoms with E-state index in [0.29, 0.717) is 6.10 Å². The highest BCUT2D eigenvalue weighted by molar-refractivity contribution is 4.86. The molecule has 0 N–H and O–H groups in total. The predicted molar refractivity (Wildman–Crippen MR) is 60.7 cm³/mol. The molecule has 0 aromatic rings. The molecule has 15 heavy (non-hydrogen) atoms. The van der Waals surface area contributed by atoms with Gasteiger partial charge in [-0.2, -0.15) is 0 Å². The van der Waals surface area contributed by atoms with Gasteiger partial charge in [0, 0.05) is 12.6 Å². The van der Waals surface area contributed by atoms with Crippen molar-refractivity contribution >= 4 is 0 Å². The lowest BCUT2D eigenvalue weighted by Crippen LogP contribution is -2.39. The largest absolute Gasteiger partial charge is 0.363 e. The molecule has 3 atom stereocenters. The molecule has 1 aliphatic carbocycles. The first-order valence-corrected chi connectivity index (χ1v) is 6.79. The van der Waals surface area contributed by atoms with Crippen LogP contribution in [0.15, 0.2) is 0 Å². The topological polar surface area (TPSA) is 12.5 Å². The zero-order valence-corrected chi connectivity index (χ0v) is 9.66. The predicted octanol–water partition coefficient (Wildman–Crippen LogP) is 2.78. The van der Waals surface area contributed by atoms with Crippen LogP contribution >= 0.6 is 0 Å². The molecule has 86 valence electrons. The van der Waals surface area contributed by atoms with Gasteiger partial charge in [-0.3, -0.25) is 4.90 Å². The van der Waals surface area contributed by atoms with Gasteiger partial charge in [-0.25, -0.2) is 0 Å². The molecule has 3 aliphatic rings. The fourth-order valence-electron chi connectivity index (χ4n) is 3.70. The van der Waals surface area contributed by atoms with Gasteiger partial charge in [0.1, 0.15) is 0 Å². The van der Waals surface area contributed by atoms with Crippen LogP contribution in [0.5, 0.6) is 0 Å². The summed E-state index contributed by atoms with van der Waals surface area (Å²) in [5.74, 6) is 0.881. The van der Waals surface area contributed by atoms with E-state index in [-0.39, 0.29) is 0 Å². The monoisotopic (exact) mass is 209 g/mol. The van der Waals surface area contributed by atoms with Crippen LogP contribution in [0, 0.1) is 5.92 Å². The molecular weight excluding hydrogens is 186 g/mol. The van der Waals surface area contributed by atoms with Crippen molar-refractivity contribution < 1.29 is 4.74 Å². The fraction of sp³-hybridized carbons (Fsp3) is 1.00. The number of hydrogen-bond acceptors (Lipinski definition) is 2. The summed E-state index contributed by atoms with van der Waals surface area (Å²) in [7, 11) is 0. The van der Waals surface area contributed by atoms with Crippen molar-refractivity contribution in [3.05, 3.63) is 0 Å². The van der Waals surface area contributed by atoms with Gasteiger partial charge >= 0.3 is 0 Å². The van der Waals surface area contributed by atoms with Crippen molar-refractivity contribution in [3.8, 4) is 0 Å². The van der Waals surface area contributed by atoms with Crippen LogP contribution in [0.2, 0.25) is 0 Å². The Morgan fingerprint density at radius 2 is 1.80 bits per heavy atom. The lowest BCUT2D eigenvalue weighted by atomic mass is 9.81. The molecule has 0 radical (unpaired) electrons. The van der Waals surface area contributed by atoms with E-state index < -0.39 is 0 Å². The van der Waals surface area contributed by atoms with Gasteiger partial charge < -0.3 is 4.74 Å². The Kier molecular flexibility index (Phi) is 2.98. The highest BCUT2D eigenvalue weighted by atomic mass is 16.5. The minimum Gasteiger partial charge on any atom is -0.363 e. The highest BCUT2D eigenvalue weighted by Crippen LogP contribution is 2.36. The van der Waals surface area contributed by atoms with Crippen LogP contribution in [-0.4, -0.2) is 30.3 Å². The number of nitrogens with zero attached hydrogens (tertiary/aromatic N) is 1. The van der Waals surface area contributed by atoms with Crippen molar-refractivity contribution in [2.24, 2.45) is 5.92 Å². The van der Waals surface area contributed by atoms with E-state index in [9.17, 15) is 0 Å². The number of piperidine rings is 1. The maximum absolute atomic E-state index is 6.10. The number of rotatable bonds is 0. The summed E-state index contributed by atoms with van der Waals surface area (Å²) in [6.07, 6.45) is 11.9. The highest BCUT2D eigenvalue weighted by Gasteiger charge is 2.35. The van der Waals surface area contributed by atoms with Gasteiger partial charge in [0.15, 0.2) is 0 Å². The van der Waals surface area contributed by atoms with E-state index in [1.165, 1.54) is 57.9 Å². The average Bonchev–Trinajstić information content (AvgIpc) is 2.48. The van der Waals surface area contributed by atoms with Gasteiger partial charge in [0.2, 0.25) is 0 Å². The van der Waals surface area contributed by atoms with E-state index in [0.717, 1.165) is 18.7 Å². The molecule has 3 fully saturated rings. The van der Waals surface area contributed by atoms with E-state index in [4.69, 9.17) is 4.74 Å². The molecule has 3 rings (SSSR count). The first-order valence-electron chi connectivity index (χ1n) is 6.79. The summed E-state index contributed by atoms with van der Waals surface area (Å²) >= 11 is 0. The van der Waals surface area contributed by atoms with Crippen molar-refractivity contribution in [2.45, 2.75) is 63.5 Å². The Morgan fingerprint density at radius 3 is 2.80 bits per heavy atom. The molecular formula is C13H23NO. The first-order chi connectivity index (χ1) is 7.43. The molecule has 0 aromatic heterocycles. The van der Waals surface area contributed by atoms with E-state index in [1.54, 1.807) is 0 Å². The minimum atomic E-state index is 0.601. The van der Waals surface area contributed by atoms with E-state index in [2.05, 4.69) is 4.90 Å². The standard InChI is InChI=1S/C13H23NO/c1-2-7-13-11(5-1)9-12-6-3-4-8-14(12)10-15-13/h11-13H,1-10H2. The molecule has 0 amide bonds. The lowest BCUT2D eigenvalue weighted by molar-refractivity contribution is -0.0461. The Bertz CT molecular complexity index is 197. The smallest absolute Gasteiger partial charge is 0.0996 e. The normalized spacial score (nSPS) is 42.8. The average molecular weight is 209 g/mol. The Balaban J connectivity index is 1.70. The van der Waals surface area contributed by atoms with Gasteiger partial charge in [-0.15, -0.1) is 0 Å². The van der Waals surface area contributed by atoms with Crippen molar-refractivity contribution in [1.29, 1.82) is 0 Å². The quantitative estimate of drug-likeness (QED) is 0.608. The molecule has 3 unspecified atom stereocenters.